The lowest BCUT2D eigenvalue weighted by Crippen LogP contribution is -2.08. The summed E-state index contributed by atoms with van der Waals surface area (Å²) >= 11 is 5.18. The van der Waals surface area contributed by atoms with E-state index in [1.165, 1.54) is 4.88 Å². The van der Waals surface area contributed by atoms with Gasteiger partial charge < -0.3 is 5.73 Å². The van der Waals surface area contributed by atoms with Crippen LogP contribution in [-0.4, -0.2) is 19.3 Å². The van der Waals surface area contributed by atoms with Crippen molar-refractivity contribution in [2.75, 3.05) is 5.73 Å². The molecule has 0 bridgehead atoms. The quantitative estimate of drug-likeness (QED) is 0.797. The number of rotatable bonds is 3. The molecule has 0 fully saturated rings. The van der Waals surface area contributed by atoms with E-state index >= 15 is 0 Å². The number of nitrogen functional groups attached to an aromatic ring is 1. The molecule has 0 aliphatic heterocycles. The predicted molar refractivity (Wildman–Crippen MR) is 81.5 cm³/mol. The zero-order chi connectivity index (χ0) is 13.6. The van der Waals surface area contributed by atoms with Crippen LogP contribution in [0.5, 0.6) is 0 Å². The molecule has 0 aromatic carbocycles. The Balaban J connectivity index is 2.14. The fourth-order valence-electron chi connectivity index (χ4n) is 2.21. The number of nitrogens with zero attached hydrogens (tertiary/aromatic N) is 4. The van der Waals surface area contributed by atoms with Crippen LogP contribution in [0.4, 0.5) is 5.95 Å². The monoisotopic (exact) mass is 339 g/mol. The Morgan fingerprint density at radius 2 is 2.26 bits per heavy atom. The van der Waals surface area contributed by atoms with Crippen molar-refractivity contribution in [2.45, 2.75) is 26.9 Å². The highest BCUT2D eigenvalue weighted by atomic mass is 79.9. The Kier molecular flexibility index (Phi) is 3.10. The summed E-state index contributed by atoms with van der Waals surface area (Å²) < 4.78 is 5.08. The highest BCUT2D eigenvalue weighted by Gasteiger charge is 2.17. The van der Waals surface area contributed by atoms with E-state index in [1.807, 2.05) is 16.2 Å². The lowest BCUT2D eigenvalue weighted by molar-refractivity contribution is 0.649. The van der Waals surface area contributed by atoms with Crippen LogP contribution in [0.2, 0.25) is 0 Å². The molecule has 3 rings (SSSR count). The molecule has 0 amide bonds. The maximum Gasteiger partial charge on any atom is 0.202 e. The van der Waals surface area contributed by atoms with Gasteiger partial charge >= 0.3 is 0 Å². The lowest BCUT2D eigenvalue weighted by atomic mass is 10.4. The fraction of sp³-hybridized carbons (Fsp3) is 0.333. The van der Waals surface area contributed by atoms with E-state index < -0.39 is 0 Å². The molecule has 19 heavy (non-hydrogen) atoms. The van der Waals surface area contributed by atoms with Crippen LogP contribution in [0.25, 0.3) is 11.2 Å². The van der Waals surface area contributed by atoms with E-state index in [2.05, 4.69) is 44.4 Å². The fourth-order valence-corrected chi connectivity index (χ4v) is 3.65. The van der Waals surface area contributed by atoms with E-state index in [0.29, 0.717) is 5.95 Å². The van der Waals surface area contributed by atoms with Crippen LogP contribution in [0.1, 0.15) is 17.5 Å². The predicted octanol–water partition coefficient (Wildman–Crippen LogP) is 3.02. The summed E-state index contributed by atoms with van der Waals surface area (Å²) in [4.78, 5) is 5.67. The molecule has 0 unspecified atom stereocenters. The van der Waals surface area contributed by atoms with E-state index in [0.717, 1.165) is 34.4 Å². The van der Waals surface area contributed by atoms with Gasteiger partial charge in [-0.25, -0.2) is 9.67 Å². The first-order valence-corrected chi connectivity index (χ1v) is 7.69. The second-order valence-corrected chi connectivity index (χ2v) is 6.27. The summed E-state index contributed by atoms with van der Waals surface area (Å²) in [5, 5.41) is 6.56. The van der Waals surface area contributed by atoms with Gasteiger partial charge in [0.25, 0.3) is 0 Å². The molecule has 0 aliphatic carbocycles. The largest absolute Gasteiger partial charge is 0.369 e. The zero-order valence-electron chi connectivity index (χ0n) is 10.7. The van der Waals surface area contributed by atoms with Crippen molar-refractivity contribution in [3.8, 4) is 0 Å². The third-order valence-electron chi connectivity index (χ3n) is 3.06. The smallest absolute Gasteiger partial charge is 0.202 e. The van der Waals surface area contributed by atoms with E-state index in [9.17, 15) is 0 Å². The first-order chi connectivity index (χ1) is 9.10. The Morgan fingerprint density at radius 1 is 1.47 bits per heavy atom. The zero-order valence-corrected chi connectivity index (χ0v) is 13.1. The molecule has 0 spiro atoms. The third-order valence-corrected chi connectivity index (χ3v) is 4.75. The van der Waals surface area contributed by atoms with Crippen LogP contribution in [0.15, 0.2) is 15.9 Å². The lowest BCUT2D eigenvalue weighted by Gasteiger charge is -2.06. The van der Waals surface area contributed by atoms with E-state index in [1.54, 1.807) is 11.3 Å². The molecule has 3 aromatic heterocycles. The van der Waals surface area contributed by atoms with Gasteiger partial charge in [-0.15, -0.1) is 11.3 Å². The van der Waals surface area contributed by atoms with Gasteiger partial charge in [0, 0.05) is 21.3 Å². The van der Waals surface area contributed by atoms with Gasteiger partial charge in [-0.05, 0) is 35.8 Å². The van der Waals surface area contributed by atoms with Gasteiger partial charge in [-0.1, -0.05) is 0 Å². The number of anilines is 1. The van der Waals surface area contributed by atoms with Crippen LogP contribution in [0, 0.1) is 6.92 Å². The molecule has 0 saturated heterocycles. The molecule has 0 radical (unpaired) electrons. The summed E-state index contributed by atoms with van der Waals surface area (Å²) in [5.41, 5.74) is 8.87. The molecule has 5 nitrogen and oxygen atoms in total. The number of hydrogen-bond acceptors (Lipinski definition) is 4. The number of halogens is 1. The Labute approximate surface area is 123 Å². The molecular weight excluding hydrogens is 326 g/mol. The van der Waals surface area contributed by atoms with Crippen LogP contribution < -0.4 is 5.73 Å². The average Bonchev–Trinajstić information content (AvgIpc) is 3.00. The van der Waals surface area contributed by atoms with Gasteiger partial charge in [0.2, 0.25) is 5.95 Å². The minimum Gasteiger partial charge on any atom is -0.369 e. The minimum atomic E-state index is 0.544. The van der Waals surface area contributed by atoms with Crippen molar-refractivity contribution in [3.05, 3.63) is 26.5 Å². The van der Waals surface area contributed by atoms with E-state index in [4.69, 9.17) is 5.73 Å². The van der Waals surface area contributed by atoms with Crippen LogP contribution >= 0.6 is 27.3 Å². The normalized spacial score (nSPS) is 11.5. The Bertz CT molecular complexity index is 739. The second-order valence-electron chi connectivity index (χ2n) is 4.36. The maximum atomic E-state index is 6.05. The second kappa shape index (κ2) is 4.64. The van der Waals surface area contributed by atoms with Crippen LogP contribution in [0.3, 0.4) is 0 Å². The van der Waals surface area contributed by atoms with Crippen molar-refractivity contribution in [1.29, 1.82) is 0 Å². The molecule has 100 valence electrons. The van der Waals surface area contributed by atoms with Gasteiger partial charge in [0.15, 0.2) is 5.65 Å². The summed E-state index contributed by atoms with van der Waals surface area (Å²) in [6.07, 6.45) is 0. The summed E-state index contributed by atoms with van der Waals surface area (Å²) in [6.45, 7) is 5.57. The van der Waals surface area contributed by atoms with Gasteiger partial charge in [0.05, 0.1) is 12.2 Å². The Hall–Kier alpha value is -1.34. The molecule has 3 heterocycles. The number of thiophene rings is 1. The third kappa shape index (κ3) is 2.06. The van der Waals surface area contributed by atoms with Crippen LogP contribution in [-0.2, 0) is 13.1 Å². The standard InChI is InChI=1S/C12H14BrN5S/c1-3-18-11-10(7(2)16-18)15-12(14)17(11)5-9-4-8(13)6-19-9/h4,6H,3,5H2,1-2H3,(H2,14,15). The van der Waals surface area contributed by atoms with Gasteiger partial charge in [0.1, 0.15) is 5.52 Å². The first kappa shape index (κ1) is 12.7. The molecule has 0 atom stereocenters. The first-order valence-electron chi connectivity index (χ1n) is 6.02. The SMILES string of the molecule is CCn1nc(C)c2nc(N)n(Cc3cc(Br)cs3)c21. The molecule has 0 saturated carbocycles. The molecule has 3 aromatic rings. The Morgan fingerprint density at radius 3 is 2.89 bits per heavy atom. The number of hydrogen-bond donors (Lipinski definition) is 1. The van der Waals surface area contributed by atoms with Crippen molar-refractivity contribution in [1.82, 2.24) is 19.3 Å². The summed E-state index contributed by atoms with van der Waals surface area (Å²) in [6, 6.07) is 2.11. The van der Waals surface area contributed by atoms with Crippen molar-refractivity contribution < 1.29 is 0 Å². The van der Waals surface area contributed by atoms with Crippen molar-refractivity contribution >= 4 is 44.4 Å². The number of aryl methyl sites for hydroxylation is 2. The highest BCUT2D eigenvalue weighted by molar-refractivity contribution is 9.10. The summed E-state index contributed by atoms with van der Waals surface area (Å²) in [5.74, 6) is 0.544. The number of nitrogens with two attached hydrogens (primary N) is 1. The number of fused-ring (bicyclic) bond motifs is 1. The molecule has 7 heteroatoms. The average molecular weight is 340 g/mol. The van der Waals surface area contributed by atoms with Gasteiger partial charge in [-0.2, -0.15) is 5.10 Å². The molecule has 0 aliphatic rings. The minimum absolute atomic E-state index is 0.544. The molecular formula is C12H14BrN5S. The van der Waals surface area contributed by atoms with E-state index in [-0.39, 0.29) is 0 Å². The van der Waals surface area contributed by atoms with Gasteiger partial charge in [-0.3, -0.25) is 4.57 Å². The topological polar surface area (TPSA) is 61.7 Å². The number of aromatic nitrogens is 4. The highest BCUT2D eigenvalue weighted by Crippen LogP contribution is 2.25. The molecule has 2 N–H and O–H groups in total. The van der Waals surface area contributed by atoms with Crippen molar-refractivity contribution in [3.63, 3.8) is 0 Å². The summed E-state index contributed by atoms with van der Waals surface area (Å²) in [7, 11) is 0. The number of imidazole rings is 1. The maximum absolute atomic E-state index is 6.05. The van der Waals surface area contributed by atoms with Crippen molar-refractivity contribution in [2.24, 2.45) is 0 Å².